The highest BCUT2D eigenvalue weighted by Crippen LogP contribution is 2.65. The third-order valence-corrected chi connectivity index (χ3v) is 11.5. The van der Waals surface area contributed by atoms with Gasteiger partial charge in [0.05, 0.1) is 16.0 Å². The van der Waals surface area contributed by atoms with Gasteiger partial charge in [0.1, 0.15) is 12.1 Å². The van der Waals surface area contributed by atoms with Crippen molar-refractivity contribution in [3.63, 3.8) is 0 Å². The van der Waals surface area contributed by atoms with Crippen molar-refractivity contribution in [3.05, 3.63) is 0 Å². The van der Waals surface area contributed by atoms with Crippen LogP contribution in [0.5, 0.6) is 0 Å². The van der Waals surface area contributed by atoms with E-state index in [-0.39, 0.29) is 23.0 Å². The molecule has 10 heteroatoms. The highest BCUT2D eigenvalue weighted by Gasteiger charge is 2.70. The minimum absolute atomic E-state index is 0.0958. The lowest BCUT2D eigenvalue weighted by molar-refractivity contribution is -0.152. The highest BCUT2D eigenvalue weighted by molar-refractivity contribution is 7.92. The number of carbonyl (C=O) groups excluding carboxylic acids is 2. The summed E-state index contributed by atoms with van der Waals surface area (Å²) < 4.78 is 25.2. The maximum absolute atomic E-state index is 13.7. The molecule has 3 fully saturated rings. The Morgan fingerprint density at radius 1 is 1.03 bits per heavy atom. The molecule has 2 saturated carbocycles. The zero-order chi connectivity index (χ0) is 27.5. The largest absolute Gasteiger partial charge is 0.480 e. The summed E-state index contributed by atoms with van der Waals surface area (Å²) in [7, 11) is -3.50. The van der Waals surface area contributed by atoms with Crippen LogP contribution in [0.15, 0.2) is 0 Å². The summed E-state index contributed by atoms with van der Waals surface area (Å²) in [6.07, 6.45) is 3.71. The van der Waals surface area contributed by atoms with E-state index in [1.54, 1.807) is 20.8 Å². The second-order valence-electron chi connectivity index (χ2n) is 13.8. The standard InChI is InChI=1S/C26H45N3O6S/c1-23(2,3)19(20(30)29-14-16-17(25(16,7)8)18(29)21(31)32)27-22(33)28-26(12-10-9-11-13-26)15-36(34,35)24(4,5)6/h16-19H,9-15H2,1-8H3,(H,31,32)(H2,27,28,33)/t16-,17+,18+,19-/m1/s1. The van der Waals surface area contributed by atoms with Crippen molar-refractivity contribution >= 4 is 27.7 Å². The molecule has 3 aliphatic rings. The monoisotopic (exact) mass is 527 g/mol. The van der Waals surface area contributed by atoms with Gasteiger partial charge in [0, 0.05) is 12.5 Å². The fourth-order valence-corrected chi connectivity index (χ4v) is 7.65. The smallest absolute Gasteiger partial charge is 0.326 e. The van der Waals surface area contributed by atoms with E-state index >= 15 is 0 Å². The molecule has 1 heterocycles. The van der Waals surface area contributed by atoms with Gasteiger partial charge in [-0.2, -0.15) is 0 Å². The number of carboxylic acids is 1. The Hall–Kier alpha value is -1.84. The quantitative estimate of drug-likeness (QED) is 0.486. The first-order chi connectivity index (χ1) is 16.2. The third kappa shape index (κ3) is 5.38. The summed E-state index contributed by atoms with van der Waals surface area (Å²) in [5, 5.41) is 15.7. The van der Waals surface area contributed by atoms with E-state index in [1.165, 1.54) is 4.90 Å². The van der Waals surface area contributed by atoms with Gasteiger partial charge in [0.25, 0.3) is 0 Å². The number of urea groups is 1. The van der Waals surface area contributed by atoms with Crippen LogP contribution in [0.3, 0.4) is 0 Å². The van der Waals surface area contributed by atoms with Crippen LogP contribution in [0.1, 0.15) is 87.5 Å². The molecule has 1 saturated heterocycles. The van der Waals surface area contributed by atoms with Gasteiger partial charge in [-0.1, -0.05) is 53.9 Å². The molecule has 36 heavy (non-hydrogen) atoms. The van der Waals surface area contributed by atoms with Crippen molar-refractivity contribution in [1.82, 2.24) is 15.5 Å². The van der Waals surface area contributed by atoms with E-state index < -0.39 is 55.5 Å². The average molecular weight is 528 g/mol. The van der Waals surface area contributed by atoms with E-state index in [0.29, 0.717) is 19.4 Å². The Morgan fingerprint density at radius 3 is 2.06 bits per heavy atom. The maximum Gasteiger partial charge on any atom is 0.326 e. The third-order valence-electron chi connectivity index (χ3n) is 8.72. The second kappa shape index (κ2) is 9.17. The predicted octanol–water partition coefficient (Wildman–Crippen LogP) is 3.18. The van der Waals surface area contributed by atoms with Crippen LogP contribution in [0, 0.1) is 22.7 Å². The summed E-state index contributed by atoms with van der Waals surface area (Å²) in [5.74, 6) is -1.55. The Balaban J connectivity index is 1.80. The molecule has 4 atom stereocenters. The van der Waals surface area contributed by atoms with Crippen molar-refractivity contribution < 1.29 is 27.9 Å². The molecule has 0 aromatic rings. The van der Waals surface area contributed by atoms with Crippen LogP contribution in [0.4, 0.5) is 4.79 Å². The van der Waals surface area contributed by atoms with Crippen molar-refractivity contribution in [1.29, 1.82) is 0 Å². The van der Waals surface area contributed by atoms with Gasteiger partial charge in [-0.05, 0) is 50.4 Å². The second-order valence-corrected chi connectivity index (χ2v) is 16.6. The fraction of sp³-hybridized carbons (Fsp3) is 0.885. The van der Waals surface area contributed by atoms with Crippen LogP contribution in [-0.4, -0.2) is 71.0 Å². The number of sulfone groups is 1. The van der Waals surface area contributed by atoms with E-state index in [4.69, 9.17) is 0 Å². The lowest BCUT2D eigenvalue weighted by Gasteiger charge is -2.41. The van der Waals surface area contributed by atoms with E-state index in [2.05, 4.69) is 10.6 Å². The van der Waals surface area contributed by atoms with Gasteiger partial charge in [-0.25, -0.2) is 18.0 Å². The van der Waals surface area contributed by atoms with Gasteiger partial charge >= 0.3 is 12.0 Å². The Bertz CT molecular complexity index is 1000. The van der Waals surface area contributed by atoms with Gasteiger partial charge in [-0.15, -0.1) is 0 Å². The molecule has 0 aromatic carbocycles. The minimum atomic E-state index is -3.50. The number of aliphatic carboxylic acids is 1. The number of hydrogen-bond acceptors (Lipinski definition) is 5. The first-order valence-corrected chi connectivity index (χ1v) is 14.7. The van der Waals surface area contributed by atoms with Crippen molar-refractivity contribution in [3.8, 4) is 0 Å². The number of rotatable bonds is 6. The van der Waals surface area contributed by atoms with Crippen LogP contribution in [0.2, 0.25) is 0 Å². The zero-order valence-electron chi connectivity index (χ0n) is 23.1. The summed E-state index contributed by atoms with van der Waals surface area (Å²) in [4.78, 5) is 40.5. The van der Waals surface area contributed by atoms with E-state index in [0.717, 1.165) is 19.3 Å². The van der Waals surface area contributed by atoms with Gasteiger partial charge in [0.2, 0.25) is 5.91 Å². The van der Waals surface area contributed by atoms with Crippen LogP contribution in [-0.2, 0) is 19.4 Å². The molecule has 3 rings (SSSR count). The first kappa shape index (κ1) is 28.7. The number of fused-ring (bicyclic) bond motifs is 1. The molecule has 206 valence electrons. The minimum Gasteiger partial charge on any atom is -0.480 e. The molecule has 3 amide bonds. The van der Waals surface area contributed by atoms with Crippen molar-refractivity contribution in [2.24, 2.45) is 22.7 Å². The number of likely N-dealkylation sites (tertiary alicyclic amines) is 1. The molecule has 1 aliphatic heterocycles. The summed E-state index contributed by atoms with van der Waals surface area (Å²) >= 11 is 0. The Morgan fingerprint density at radius 2 is 1.58 bits per heavy atom. The average Bonchev–Trinajstić information content (AvgIpc) is 3.06. The number of nitrogens with one attached hydrogen (secondary N) is 2. The number of hydrogen-bond donors (Lipinski definition) is 3. The number of nitrogens with zero attached hydrogens (tertiary/aromatic N) is 1. The normalized spacial score (nSPS) is 28.1. The molecule has 9 nitrogen and oxygen atoms in total. The van der Waals surface area contributed by atoms with Crippen LogP contribution < -0.4 is 10.6 Å². The van der Waals surface area contributed by atoms with Crippen LogP contribution in [0.25, 0.3) is 0 Å². The Kier molecular flexibility index (Phi) is 7.32. The highest BCUT2D eigenvalue weighted by atomic mass is 32.2. The molecule has 0 radical (unpaired) electrons. The SMILES string of the molecule is CC(C)(C)[C@H](NC(=O)NC1(CS(=O)(=O)C(C)(C)C)CCCCC1)C(=O)N1C[C@@H]2[C@@H]([C@H]1C(=O)O)C2(C)C. The molecule has 2 aliphatic carbocycles. The molecule has 0 spiro atoms. The lowest BCUT2D eigenvalue weighted by atomic mass is 9.83. The zero-order valence-corrected chi connectivity index (χ0v) is 23.9. The Labute approximate surface area is 216 Å². The van der Waals surface area contributed by atoms with Gasteiger partial charge in [-0.3, -0.25) is 4.79 Å². The maximum atomic E-state index is 13.7. The number of carbonyl (C=O) groups is 3. The number of piperidine rings is 1. The molecule has 0 bridgehead atoms. The predicted molar refractivity (Wildman–Crippen MR) is 138 cm³/mol. The van der Waals surface area contributed by atoms with Gasteiger partial charge < -0.3 is 20.6 Å². The van der Waals surface area contributed by atoms with Crippen molar-refractivity contribution in [2.45, 2.75) is 110 Å². The topological polar surface area (TPSA) is 133 Å². The number of carboxylic acid groups (broad SMARTS) is 1. The van der Waals surface area contributed by atoms with Crippen LogP contribution >= 0.6 is 0 Å². The molecule has 0 aromatic heterocycles. The molecule has 0 unspecified atom stereocenters. The summed E-state index contributed by atoms with van der Waals surface area (Å²) in [5.41, 5.74) is -1.70. The first-order valence-electron chi connectivity index (χ1n) is 13.1. The van der Waals surface area contributed by atoms with E-state index in [9.17, 15) is 27.9 Å². The molecular weight excluding hydrogens is 482 g/mol. The lowest BCUT2D eigenvalue weighted by Crippen LogP contribution is -2.63. The summed E-state index contributed by atoms with van der Waals surface area (Å²) in [6.45, 7) is 14.9. The molecule has 3 N–H and O–H groups in total. The van der Waals surface area contributed by atoms with Gasteiger partial charge in [0.15, 0.2) is 9.84 Å². The van der Waals surface area contributed by atoms with Crippen molar-refractivity contribution in [2.75, 3.05) is 12.3 Å². The summed E-state index contributed by atoms with van der Waals surface area (Å²) in [6, 6.07) is -2.46. The van der Waals surface area contributed by atoms with E-state index in [1.807, 2.05) is 34.6 Å². The number of amides is 3. The molecular formula is C26H45N3O6S. The fourth-order valence-electron chi connectivity index (χ4n) is 6.13.